The van der Waals surface area contributed by atoms with Gasteiger partial charge in [0, 0.05) is 12.2 Å². The molecule has 0 aliphatic rings. The number of aromatic nitrogens is 3. The zero-order valence-corrected chi connectivity index (χ0v) is 16.2. The molecule has 142 valence electrons. The molecule has 26 heavy (non-hydrogen) atoms. The molecule has 0 amide bonds. The van der Waals surface area contributed by atoms with E-state index in [4.69, 9.17) is 4.74 Å². The zero-order chi connectivity index (χ0) is 18.9. The van der Waals surface area contributed by atoms with Crippen LogP contribution in [0.5, 0.6) is 0 Å². The van der Waals surface area contributed by atoms with Gasteiger partial charge in [-0.05, 0) is 44.5 Å². The average Bonchev–Trinajstić information content (AvgIpc) is 2.99. The SMILES string of the molecule is CCCCn1c(CNc2ccc(F)cc2)nnc1SCC(=O)OC(C)C. The summed E-state index contributed by atoms with van der Waals surface area (Å²) in [4.78, 5) is 11.8. The van der Waals surface area contributed by atoms with E-state index in [1.165, 1.54) is 23.9 Å². The van der Waals surface area contributed by atoms with Gasteiger partial charge in [-0.25, -0.2) is 4.39 Å². The highest BCUT2D eigenvalue weighted by Crippen LogP contribution is 2.19. The third-order valence-corrected chi connectivity index (χ3v) is 4.45. The fraction of sp³-hybridized carbons (Fsp3) is 0.500. The maximum Gasteiger partial charge on any atom is 0.316 e. The van der Waals surface area contributed by atoms with Gasteiger partial charge in [-0.2, -0.15) is 0 Å². The standard InChI is InChI=1S/C18H25FN4O2S/c1-4-5-10-23-16(11-20-15-8-6-14(19)7-9-15)21-22-18(23)26-12-17(24)25-13(2)3/h6-9,13,20H,4-5,10-12H2,1-3H3. The number of halogens is 1. The maximum absolute atomic E-state index is 13.0. The molecule has 6 nitrogen and oxygen atoms in total. The Labute approximate surface area is 157 Å². The Hall–Kier alpha value is -2.09. The summed E-state index contributed by atoms with van der Waals surface area (Å²) in [6.45, 7) is 7.02. The van der Waals surface area contributed by atoms with Crippen LogP contribution in [0.3, 0.4) is 0 Å². The van der Waals surface area contributed by atoms with Gasteiger partial charge in [-0.1, -0.05) is 25.1 Å². The lowest BCUT2D eigenvalue weighted by Gasteiger charge is -2.11. The number of hydrogen-bond donors (Lipinski definition) is 1. The first-order valence-electron chi connectivity index (χ1n) is 8.73. The van der Waals surface area contributed by atoms with Crippen molar-refractivity contribution in [1.29, 1.82) is 0 Å². The van der Waals surface area contributed by atoms with Crippen molar-refractivity contribution in [2.75, 3.05) is 11.1 Å². The lowest BCUT2D eigenvalue weighted by molar-refractivity contribution is -0.144. The maximum atomic E-state index is 13.0. The highest BCUT2D eigenvalue weighted by Gasteiger charge is 2.15. The van der Waals surface area contributed by atoms with Crippen molar-refractivity contribution >= 4 is 23.4 Å². The first-order valence-corrected chi connectivity index (χ1v) is 9.72. The number of benzene rings is 1. The van der Waals surface area contributed by atoms with Crippen LogP contribution in [0.2, 0.25) is 0 Å². The molecule has 1 heterocycles. The van der Waals surface area contributed by atoms with E-state index in [9.17, 15) is 9.18 Å². The number of esters is 1. The van der Waals surface area contributed by atoms with E-state index in [1.54, 1.807) is 12.1 Å². The van der Waals surface area contributed by atoms with Crippen molar-refractivity contribution in [3.05, 3.63) is 35.9 Å². The van der Waals surface area contributed by atoms with Crippen LogP contribution in [0.4, 0.5) is 10.1 Å². The van der Waals surface area contributed by atoms with E-state index in [-0.39, 0.29) is 23.6 Å². The van der Waals surface area contributed by atoms with Crippen LogP contribution in [-0.2, 0) is 22.6 Å². The minimum Gasteiger partial charge on any atom is -0.462 e. The van der Waals surface area contributed by atoms with E-state index >= 15 is 0 Å². The number of ether oxygens (including phenoxy) is 1. The Morgan fingerprint density at radius 1 is 1.31 bits per heavy atom. The lowest BCUT2D eigenvalue weighted by atomic mass is 10.3. The van der Waals surface area contributed by atoms with Gasteiger partial charge in [0.2, 0.25) is 0 Å². The van der Waals surface area contributed by atoms with Crippen LogP contribution in [0.25, 0.3) is 0 Å². The Morgan fingerprint density at radius 3 is 2.69 bits per heavy atom. The van der Waals surface area contributed by atoms with Gasteiger partial charge in [-0.3, -0.25) is 4.79 Å². The molecule has 0 radical (unpaired) electrons. The number of hydrogen-bond acceptors (Lipinski definition) is 6. The second-order valence-corrected chi connectivity index (χ2v) is 7.03. The summed E-state index contributed by atoms with van der Waals surface area (Å²) in [5.41, 5.74) is 0.811. The second-order valence-electron chi connectivity index (χ2n) is 6.09. The zero-order valence-electron chi connectivity index (χ0n) is 15.4. The van der Waals surface area contributed by atoms with Crippen LogP contribution < -0.4 is 5.32 Å². The van der Waals surface area contributed by atoms with Crippen LogP contribution in [0.1, 0.15) is 39.4 Å². The van der Waals surface area contributed by atoms with Crippen LogP contribution in [0.15, 0.2) is 29.4 Å². The molecule has 8 heteroatoms. The molecular formula is C18H25FN4O2S. The van der Waals surface area contributed by atoms with Gasteiger partial charge in [0.1, 0.15) is 5.82 Å². The van der Waals surface area contributed by atoms with E-state index in [2.05, 4.69) is 22.4 Å². The second kappa shape index (κ2) is 10.2. The van der Waals surface area contributed by atoms with E-state index in [0.29, 0.717) is 11.7 Å². The quantitative estimate of drug-likeness (QED) is 0.498. The van der Waals surface area contributed by atoms with Gasteiger partial charge in [0.25, 0.3) is 0 Å². The van der Waals surface area contributed by atoms with Gasteiger partial charge >= 0.3 is 5.97 Å². The number of anilines is 1. The number of carbonyl (C=O) groups excluding carboxylic acids is 1. The summed E-state index contributed by atoms with van der Waals surface area (Å²) in [7, 11) is 0. The van der Waals surface area contributed by atoms with E-state index in [1.807, 2.05) is 18.4 Å². The molecule has 0 saturated carbocycles. The fourth-order valence-corrected chi connectivity index (χ4v) is 3.03. The number of unbranched alkanes of at least 4 members (excludes halogenated alkanes) is 1. The highest BCUT2D eigenvalue weighted by molar-refractivity contribution is 7.99. The molecule has 0 aliphatic heterocycles. The number of thioether (sulfide) groups is 1. The minimum absolute atomic E-state index is 0.128. The molecule has 0 spiro atoms. The fourth-order valence-electron chi connectivity index (χ4n) is 2.27. The molecule has 1 aromatic carbocycles. The molecule has 0 aliphatic carbocycles. The number of rotatable bonds is 10. The molecule has 0 fully saturated rings. The molecule has 0 saturated heterocycles. The number of nitrogens with zero attached hydrogens (tertiary/aromatic N) is 3. The molecule has 1 N–H and O–H groups in total. The summed E-state index contributed by atoms with van der Waals surface area (Å²) < 4.78 is 20.2. The van der Waals surface area contributed by atoms with E-state index in [0.717, 1.165) is 30.9 Å². The van der Waals surface area contributed by atoms with Crippen LogP contribution >= 0.6 is 11.8 Å². The van der Waals surface area contributed by atoms with Crippen LogP contribution in [-0.4, -0.2) is 32.6 Å². The topological polar surface area (TPSA) is 69.0 Å². The first kappa shape index (κ1) is 20.2. The summed E-state index contributed by atoms with van der Waals surface area (Å²) in [6, 6.07) is 6.18. The third kappa shape index (κ3) is 6.33. The molecule has 2 aromatic rings. The van der Waals surface area contributed by atoms with Gasteiger partial charge in [0.05, 0.1) is 18.4 Å². The summed E-state index contributed by atoms with van der Waals surface area (Å²) >= 11 is 1.33. The predicted octanol–water partition coefficient (Wildman–Crippen LogP) is 3.87. The largest absolute Gasteiger partial charge is 0.462 e. The summed E-state index contributed by atoms with van der Waals surface area (Å²) in [5.74, 6) is 0.450. The Kier molecular flexibility index (Phi) is 7.90. The lowest BCUT2D eigenvalue weighted by Crippen LogP contribution is -2.14. The third-order valence-electron chi connectivity index (χ3n) is 3.51. The molecular weight excluding hydrogens is 355 g/mol. The molecule has 0 unspecified atom stereocenters. The highest BCUT2D eigenvalue weighted by atomic mass is 32.2. The Bertz CT molecular complexity index is 704. The molecule has 2 rings (SSSR count). The molecule has 0 bridgehead atoms. The van der Waals surface area contributed by atoms with Crippen molar-refractivity contribution in [3.8, 4) is 0 Å². The Morgan fingerprint density at radius 2 is 2.04 bits per heavy atom. The molecule has 0 atom stereocenters. The summed E-state index contributed by atoms with van der Waals surface area (Å²) in [6.07, 6.45) is 1.91. The smallest absolute Gasteiger partial charge is 0.316 e. The first-order chi connectivity index (χ1) is 12.5. The van der Waals surface area contributed by atoms with Crippen molar-refractivity contribution in [2.45, 2.75) is 58.0 Å². The van der Waals surface area contributed by atoms with Gasteiger partial charge < -0.3 is 14.6 Å². The Balaban J connectivity index is 2.02. The van der Waals surface area contributed by atoms with Crippen molar-refractivity contribution < 1.29 is 13.9 Å². The van der Waals surface area contributed by atoms with Gasteiger partial charge in [-0.15, -0.1) is 10.2 Å². The average molecular weight is 380 g/mol. The monoisotopic (exact) mass is 380 g/mol. The minimum atomic E-state index is -0.270. The normalized spacial score (nSPS) is 11.0. The van der Waals surface area contributed by atoms with E-state index < -0.39 is 0 Å². The molecule has 1 aromatic heterocycles. The van der Waals surface area contributed by atoms with Gasteiger partial charge in [0.15, 0.2) is 11.0 Å². The van der Waals surface area contributed by atoms with Crippen molar-refractivity contribution in [2.24, 2.45) is 0 Å². The van der Waals surface area contributed by atoms with Crippen molar-refractivity contribution in [1.82, 2.24) is 14.8 Å². The number of carbonyl (C=O) groups is 1. The predicted molar refractivity (Wildman–Crippen MR) is 101 cm³/mol. The summed E-state index contributed by atoms with van der Waals surface area (Å²) in [5, 5.41) is 12.4. The van der Waals surface area contributed by atoms with Crippen molar-refractivity contribution in [3.63, 3.8) is 0 Å². The van der Waals surface area contributed by atoms with Crippen LogP contribution in [0, 0.1) is 5.82 Å². The number of nitrogens with one attached hydrogen (secondary N) is 1.